The number of benzene rings is 3. The van der Waals surface area contributed by atoms with Gasteiger partial charge in [-0.05, 0) is 41.7 Å². The van der Waals surface area contributed by atoms with Crippen molar-refractivity contribution in [3.8, 4) is 11.1 Å². The molecule has 0 amide bonds. The van der Waals surface area contributed by atoms with Gasteiger partial charge in [-0.2, -0.15) is 0 Å². The van der Waals surface area contributed by atoms with E-state index >= 15 is 0 Å². The fourth-order valence-electron chi connectivity index (χ4n) is 2.87. The van der Waals surface area contributed by atoms with E-state index in [9.17, 15) is 0 Å². The topological polar surface area (TPSA) is 0 Å². The molecular weight excluding hydrogens is 272 g/mol. The molecule has 102 valence electrons. The molecule has 4 rings (SSSR count). The quantitative estimate of drug-likeness (QED) is 0.432. The average Bonchev–Trinajstić information content (AvgIpc) is 2.53. The molecule has 1 aliphatic rings. The van der Waals surface area contributed by atoms with E-state index in [1.165, 1.54) is 37.6 Å². The van der Waals surface area contributed by atoms with Crippen LogP contribution >= 0.6 is 11.8 Å². The van der Waals surface area contributed by atoms with Crippen LogP contribution in [0.25, 0.3) is 11.1 Å². The van der Waals surface area contributed by atoms with Gasteiger partial charge in [0.1, 0.15) is 0 Å². The molecule has 0 radical (unpaired) electrons. The van der Waals surface area contributed by atoms with Gasteiger partial charge in [0.25, 0.3) is 0 Å². The average molecular weight is 288 g/mol. The molecule has 0 N–H and O–H groups in total. The van der Waals surface area contributed by atoms with Crippen molar-refractivity contribution in [2.45, 2.75) is 23.1 Å². The van der Waals surface area contributed by atoms with E-state index in [4.69, 9.17) is 0 Å². The highest BCUT2D eigenvalue weighted by molar-refractivity contribution is 7.99. The molecule has 0 spiro atoms. The van der Waals surface area contributed by atoms with Gasteiger partial charge in [0.05, 0.1) is 0 Å². The van der Waals surface area contributed by atoms with E-state index < -0.39 is 0 Å². The highest BCUT2D eigenvalue weighted by atomic mass is 32.2. The fraction of sp³-hybridized carbons (Fsp3) is 0.100. The number of aryl methyl sites for hydroxylation is 1. The predicted octanol–water partition coefficient (Wildman–Crippen LogP) is 5.72. The summed E-state index contributed by atoms with van der Waals surface area (Å²) in [5.41, 5.74) is 6.85. The van der Waals surface area contributed by atoms with E-state index in [-0.39, 0.29) is 0 Å². The van der Waals surface area contributed by atoms with Gasteiger partial charge >= 0.3 is 0 Å². The zero-order chi connectivity index (χ0) is 14.2. The van der Waals surface area contributed by atoms with E-state index in [2.05, 4.69) is 73.7 Å². The second-order valence-corrected chi connectivity index (χ2v) is 6.60. The van der Waals surface area contributed by atoms with Crippen LogP contribution in [0.5, 0.6) is 0 Å². The zero-order valence-corrected chi connectivity index (χ0v) is 12.8. The molecule has 1 heterocycles. The smallest absolute Gasteiger partial charge is 0.0236 e. The van der Waals surface area contributed by atoms with Crippen LogP contribution < -0.4 is 0 Å². The third kappa shape index (κ3) is 2.28. The standard InChI is InChI=1S/C20H16S/c1-14-9-11-15(12-10-14)18-7-4-6-17-13-16-5-2-3-8-19(16)21-20(17)18/h2-12H,13H2,1H3. The highest BCUT2D eigenvalue weighted by Crippen LogP contribution is 2.44. The van der Waals surface area contributed by atoms with Crippen LogP contribution in [0.15, 0.2) is 76.5 Å². The molecule has 0 saturated carbocycles. The van der Waals surface area contributed by atoms with Crippen LogP contribution in [-0.2, 0) is 6.42 Å². The Bertz CT molecular complexity index is 800. The lowest BCUT2D eigenvalue weighted by atomic mass is 9.98. The molecule has 0 bridgehead atoms. The third-order valence-corrected chi connectivity index (χ3v) is 5.33. The Labute approximate surface area is 129 Å². The summed E-state index contributed by atoms with van der Waals surface area (Å²) in [6.45, 7) is 2.13. The Morgan fingerprint density at radius 2 is 1.52 bits per heavy atom. The summed E-state index contributed by atoms with van der Waals surface area (Å²) >= 11 is 1.91. The van der Waals surface area contributed by atoms with Crippen molar-refractivity contribution < 1.29 is 0 Å². The molecule has 0 fully saturated rings. The predicted molar refractivity (Wildman–Crippen MR) is 90.0 cm³/mol. The maximum Gasteiger partial charge on any atom is 0.0236 e. The summed E-state index contributed by atoms with van der Waals surface area (Å²) < 4.78 is 0. The van der Waals surface area contributed by atoms with Crippen molar-refractivity contribution in [3.05, 3.63) is 83.4 Å². The summed E-state index contributed by atoms with van der Waals surface area (Å²) in [4.78, 5) is 2.81. The number of hydrogen-bond donors (Lipinski definition) is 0. The Hall–Kier alpha value is -1.99. The molecule has 1 heteroatoms. The Morgan fingerprint density at radius 1 is 0.762 bits per heavy atom. The third-order valence-electron chi connectivity index (χ3n) is 4.02. The summed E-state index contributed by atoms with van der Waals surface area (Å²) in [7, 11) is 0. The van der Waals surface area contributed by atoms with Gasteiger partial charge in [0.2, 0.25) is 0 Å². The Balaban J connectivity index is 1.84. The van der Waals surface area contributed by atoms with Crippen molar-refractivity contribution in [1.29, 1.82) is 0 Å². The van der Waals surface area contributed by atoms with Crippen LogP contribution in [0.2, 0.25) is 0 Å². The maximum atomic E-state index is 2.26. The highest BCUT2D eigenvalue weighted by Gasteiger charge is 2.18. The first-order chi connectivity index (χ1) is 10.3. The van der Waals surface area contributed by atoms with Crippen LogP contribution in [-0.4, -0.2) is 0 Å². The zero-order valence-electron chi connectivity index (χ0n) is 12.0. The lowest BCUT2D eigenvalue weighted by molar-refractivity contribution is 1.06. The number of rotatable bonds is 1. The molecule has 3 aromatic rings. The number of hydrogen-bond acceptors (Lipinski definition) is 1. The van der Waals surface area contributed by atoms with E-state index in [1.807, 2.05) is 11.8 Å². The van der Waals surface area contributed by atoms with Crippen molar-refractivity contribution in [2.75, 3.05) is 0 Å². The first-order valence-corrected chi connectivity index (χ1v) is 8.07. The first kappa shape index (κ1) is 12.7. The molecule has 0 atom stereocenters. The van der Waals surface area contributed by atoms with E-state index in [1.54, 1.807) is 0 Å². The first-order valence-electron chi connectivity index (χ1n) is 7.26. The molecule has 0 aromatic heterocycles. The summed E-state index contributed by atoms with van der Waals surface area (Å²) in [6, 6.07) is 24.3. The van der Waals surface area contributed by atoms with Crippen molar-refractivity contribution in [2.24, 2.45) is 0 Å². The van der Waals surface area contributed by atoms with Crippen LogP contribution in [0.4, 0.5) is 0 Å². The molecule has 21 heavy (non-hydrogen) atoms. The van der Waals surface area contributed by atoms with Gasteiger partial charge in [-0.25, -0.2) is 0 Å². The Kier molecular flexibility index (Phi) is 3.08. The van der Waals surface area contributed by atoms with Crippen molar-refractivity contribution in [1.82, 2.24) is 0 Å². The molecule has 0 aliphatic carbocycles. The summed E-state index contributed by atoms with van der Waals surface area (Å²) in [5, 5.41) is 0. The fourth-order valence-corrected chi connectivity index (χ4v) is 4.07. The van der Waals surface area contributed by atoms with Gasteiger partial charge in [-0.3, -0.25) is 0 Å². The van der Waals surface area contributed by atoms with Crippen LogP contribution in [0.1, 0.15) is 16.7 Å². The molecule has 0 saturated heterocycles. The summed E-state index contributed by atoms with van der Waals surface area (Å²) in [6.07, 6.45) is 1.04. The lowest BCUT2D eigenvalue weighted by Crippen LogP contribution is -2.00. The minimum atomic E-state index is 1.04. The normalized spacial score (nSPS) is 12.6. The van der Waals surface area contributed by atoms with Gasteiger partial charge < -0.3 is 0 Å². The number of fused-ring (bicyclic) bond motifs is 2. The second-order valence-electron chi connectivity index (χ2n) is 5.55. The monoisotopic (exact) mass is 288 g/mol. The maximum absolute atomic E-state index is 2.26. The van der Waals surface area contributed by atoms with E-state index in [0.29, 0.717) is 0 Å². The second kappa shape index (κ2) is 5.09. The lowest BCUT2D eigenvalue weighted by Gasteiger charge is -2.21. The van der Waals surface area contributed by atoms with Gasteiger partial charge in [-0.1, -0.05) is 78.0 Å². The summed E-state index contributed by atoms with van der Waals surface area (Å²) in [5.74, 6) is 0. The van der Waals surface area contributed by atoms with Gasteiger partial charge in [0, 0.05) is 9.79 Å². The molecule has 1 aliphatic heterocycles. The van der Waals surface area contributed by atoms with Crippen LogP contribution in [0, 0.1) is 6.92 Å². The van der Waals surface area contributed by atoms with Crippen molar-refractivity contribution >= 4 is 11.8 Å². The van der Waals surface area contributed by atoms with Gasteiger partial charge in [-0.15, -0.1) is 0 Å². The largest absolute Gasteiger partial charge is 0.0888 e. The van der Waals surface area contributed by atoms with E-state index in [0.717, 1.165) is 6.42 Å². The van der Waals surface area contributed by atoms with Crippen molar-refractivity contribution in [3.63, 3.8) is 0 Å². The molecule has 0 unspecified atom stereocenters. The SMILES string of the molecule is Cc1ccc(-c2cccc3c2Sc2ccccc2C3)cc1. The minimum absolute atomic E-state index is 1.04. The molecular formula is C20H16S. The van der Waals surface area contributed by atoms with Crippen LogP contribution in [0.3, 0.4) is 0 Å². The minimum Gasteiger partial charge on any atom is -0.0888 e. The van der Waals surface area contributed by atoms with Gasteiger partial charge in [0.15, 0.2) is 0 Å². The Morgan fingerprint density at radius 3 is 2.38 bits per heavy atom. The molecule has 3 aromatic carbocycles. The molecule has 0 nitrogen and oxygen atoms in total.